The summed E-state index contributed by atoms with van der Waals surface area (Å²) in [5.74, 6) is 0.631. The summed E-state index contributed by atoms with van der Waals surface area (Å²) in [4.78, 5) is 27.5. The lowest BCUT2D eigenvalue weighted by molar-refractivity contribution is 0.0949. The van der Waals surface area contributed by atoms with E-state index >= 15 is 0 Å². The van der Waals surface area contributed by atoms with Gasteiger partial charge in [-0.1, -0.05) is 24.3 Å². The lowest BCUT2D eigenvalue weighted by Gasteiger charge is -2.27. The first-order chi connectivity index (χ1) is 15.6. The first-order valence-corrected chi connectivity index (χ1v) is 11.0. The average molecular weight is 428 g/mol. The van der Waals surface area contributed by atoms with E-state index in [0.717, 1.165) is 35.5 Å². The molecule has 32 heavy (non-hydrogen) atoms. The second-order valence-corrected chi connectivity index (χ2v) is 8.06. The van der Waals surface area contributed by atoms with Gasteiger partial charge in [0.2, 0.25) is 0 Å². The van der Waals surface area contributed by atoms with Crippen LogP contribution in [0, 0.1) is 0 Å². The van der Waals surface area contributed by atoms with Gasteiger partial charge in [-0.25, -0.2) is 0 Å². The summed E-state index contributed by atoms with van der Waals surface area (Å²) in [5, 5.41) is 6.49. The maximum atomic E-state index is 13.3. The molecule has 1 aliphatic carbocycles. The molecule has 0 aromatic heterocycles. The Labute approximate surface area is 187 Å². The van der Waals surface area contributed by atoms with Crippen LogP contribution in [-0.4, -0.2) is 24.5 Å². The van der Waals surface area contributed by atoms with Crippen molar-refractivity contribution in [1.29, 1.82) is 0 Å². The summed E-state index contributed by atoms with van der Waals surface area (Å²) >= 11 is 0. The molecule has 2 aliphatic rings. The van der Waals surface area contributed by atoms with E-state index in [1.165, 1.54) is 0 Å². The van der Waals surface area contributed by atoms with Crippen molar-refractivity contribution in [2.24, 2.45) is 0 Å². The van der Waals surface area contributed by atoms with Gasteiger partial charge in [-0.2, -0.15) is 0 Å². The van der Waals surface area contributed by atoms with Gasteiger partial charge in [-0.3, -0.25) is 14.5 Å². The Morgan fingerprint density at radius 2 is 1.81 bits per heavy atom. The third kappa shape index (κ3) is 3.91. The van der Waals surface area contributed by atoms with Crippen molar-refractivity contribution in [3.8, 4) is 5.75 Å². The summed E-state index contributed by atoms with van der Waals surface area (Å²) in [5.41, 5.74) is 3.72. The highest BCUT2D eigenvalue weighted by atomic mass is 16.5. The quantitative estimate of drug-likeness (QED) is 0.571. The van der Waals surface area contributed by atoms with Crippen LogP contribution in [0.3, 0.4) is 0 Å². The highest BCUT2D eigenvalue weighted by Gasteiger charge is 2.37. The molecule has 1 unspecified atom stereocenters. The Hall–Kier alpha value is -3.80. The fourth-order valence-electron chi connectivity index (χ4n) is 4.00. The maximum absolute atomic E-state index is 13.3. The Kier molecular flexibility index (Phi) is 5.27. The number of anilines is 2. The van der Waals surface area contributed by atoms with E-state index in [1.54, 1.807) is 11.0 Å². The number of hydrogen-bond acceptors (Lipinski definition) is 4. The first-order valence-electron chi connectivity index (χ1n) is 11.0. The van der Waals surface area contributed by atoms with Crippen LogP contribution in [0.15, 0.2) is 72.8 Å². The molecule has 1 aliphatic heterocycles. The Bertz CT molecular complexity index is 1150. The third-order valence-corrected chi connectivity index (χ3v) is 5.73. The van der Waals surface area contributed by atoms with Crippen molar-refractivity contribution in [3.05, 3.63) is 89.5 Å². The SMILES string of the molecule is CCOc1ccc(N2C(=O)c3ccccc3C2Nc2cccc(C(=O)NC3CC3)c2)cc1. The summed E-state index contributed by atoms with van der Waals surface area (Å²) in [6.07, 6.45) is 1.70. The van der Waals surface area contributed by atoms with Gasteiger partial charge < -0.3 is 15.4 Å². The van der Waals surface area contributed by atoms with Crippen LogP contribution in [-0.2, 0) is 0 Å². The second-order valence-electron chi connectivity index (χ2n) is 8.06. The molecule has 0 bridgehead atoms. The van der Waals surface area contributed by atoms with Crippen LogP contribution in [0.4, 0.5) is 11.4 Å². The molecule has 0 radical (unpaired) electrons. The summed E-state index contributed by atoms with van der Waals surface area (Å²) in [6, 6.07) is 22.8. The zero-order valence-corrected chi connectivity index (χ0v) is 17.9. The van der Waals surface area contributed by atoms with Crippen LogP contribution in [0.1, 0.15) is 52.2 Å². The standard InChI is InChI=1S/C26H25N3O3/c1-2-32-21-14-12-20(13-15-21)29-24(22-8-3-4-9-23(22)26(29)31)27-19-7-5-6-17(16-19)25(30)28-18-10-11-18/h3-9,12-16,18,24,27H,2,10-11H2,1H3,(H,28,30). The van der Waals surface area contributed by atoms with E-state index in [4.69, 9.17) is 4.74 Å². The van der Waals surface area contributed by atoms with E-state index in [2.05, 4.69) is 10.6 Å². The molecule has 0 saturated heterocycles. The number of benzene rings is 3. The lowest BCUT2D eigenvalue weighted by Crippen LogP contribution is -2.32. The minimum absolute atomic E-state index is 0.0649. The van der Waals surface area contributed by atoms with E-state index in [0.29, 0.717) is 23.8 Å². The zero-order chi connectivity index (χ0) is 22.1. The molecule has 2 amide bonds. The number of nitrogens with one attached hydrogen (secondary N) is 2. The third-order valence-electron chi connectivity index (χ3n) is 5.73. The van der Waals surface area contributed by atoms with E-state index in [9.17, 15) is 9.59 Å². The van der Waals surface area contributed by atoms with Crippen molar-refractivity contribution in [1.82, 2.24) is 5.32 Å². The molecule has 1 saturated carbocycles. The molecule has 162 valence electrons. The molecule has 3 aromatic carbocycles. The summed E-state index contributed by atoms with van der Waals surface area (Å²) in [6.45, 7) is 2.52. The molecule has 1 heterocycles. The molecule has 1 fully saturated rings. The van der Waals surface area contributed by atoms with Crippen molar-refractivity contribution < 1.29 is 14.3 Å². The fourth-order valence-corrected chi connectivity index (χ4v) is 4.00. The largest absolute Gasteiger partial charge is 0.494 e. The monoisotopic (exact) mass is 427 g/mol. The zero-order valence-electron chi connectivity index (χ0n) is 17.9. The number of rotatable bonds is 7. The maximum Gasteiger partial charge on any atom is 0.260 e. The van der Waals surface area contributed by atoms with Crippen LogP contribution >= 0.6 is 0 Å². The molecule has 6 nitrogen and oxygen atoms in total. The fraction of sp³-hybridized carbons (Fsp3) is 0.231. The van der Waals surface area contributed by atoms with Gasteiger partial charge in [-0.05, 0) is 68.3 Å². The number of ether oxygens (including phenoxy) is 1. The van der Waals surface area contributed by atoms with E-state index in [-0.39, 0.29) is 11.8 Å². The lowest BCUT2D eigenvalue weighted by atomic mass is 10.1. The predicted molar refractivity (Wildman–Crippen MR) is 124 cm³/mol. The highest BCUT2D eigenvalue weighted by molar-refractivity contribution is 6.11. The van der Waals surface area contributed by atoms with Crippen LogP contribution < -0.4 is 20.3 Å². The van der Waals surface area contributed by atoms with Gasteiger partial charge in [0.25, 0.3) is 11.8 Å². The Morgan fingerprint density at radius 3 is 2.56 bits per heavy atom. The highest BCUT2D eigenvalue weighted by Crippen LogP contribution is 2.38. The number of carbonyl (C=O) groups excluding carboxylic acids is 2. The van der Waals surface area contributed by atoms with E-state index < -0.39 is 6.17 Å². The molecule has 1 atom stereocenters. The van der Waals surface area contributed by atoms with Gasteiger partial charge in [0.1, 0.15) is 11.9 Å². The predicted octanol–water partition coefficient (Wildman–Crippen LogP) is 4.75. The van der Waals surface area contributed by atoms with Crippen molar-refractivity contribution in [3.63, 3.8) is 0 Å². The van der Waals surface area contributed by atoms with Gasteiger partial charge >= 0.3 is 0 Å². The first kappa shape index (κ1) is 20.1. The van der Waals surface area contributed by atoms with Crippen LogP contribution in [0.25, 0.3) is 0 Å². The topological polar surface area (TPSA) is 70.7 Å². The molecular weight excluding hydrogens is 402 g/mol. The van der Waals surface area contributed by atoms with Crippen molar-refractivity contribution in [2.75, 3.05) is 16.8 Å². The smallest absolute Gasteiger partial charge is 0.260 e. The molecule has 5 rings (SSSR count). The number of nitrogens with zero attached hydrogens (tertiary/aromatic N) is 1. The normalized spacial score (nSPS) is 17.1. The summed E-state index contributed by atoms with van der Waals surface area (Å²) in [7, 11) is 0. The minimum atomic E-state index is -0.390. The van der Waals surface area contributed by atoms with Gasteiger partial charge in [0.15, 0.2) is 0 Å². The summed E-state index contributed by atoms with van der Waals surface area (Å²) < 4.78 is 5.55. The van der Waals surface area contributed by atoms with Gasteiger partial charge in [0, 0.05) is 34.1 Å². The second kappa shape index (κ2) is 8.38. The Morgan fingerprint density at radius 1 is 1.03 bits per heavy atom. The Balaban J connectivity index is 1.46. The minimum Gasteiger partial charge on any atom is -0.494 e. The van der Waals surface area contributed by atoms with Crippen LogP contribution in [0.5, 0.6) is 5.75 Å². The van der Waals surface area contributed by atoms with Gasteiger partial charge in [0.05, 0.1) is 6.61 Å². The molecule has 3 aromatic rings. The number of hydrogen-bond donors (Lipinski definition) is 2. The molecule has 6 heteroatoms. The molecule has 0 spiro atoms. The molecule has 2 N–H and O–H groups in total. The van der Waals surface area contributed by atoms with Crippen molar-refractivity contribution >= 4 is 23.2 Å². The van der Waals surface area contributed by atoms with E-state index in [1.807, 2.05) is 73.7 Å². The number of fused-ring (bicyclic) bond motifs is 1. The van der Waals surface area contributed by atoms with Gasteiger partial charge in [-0.15, -0.1) is 0 Å². The number of carbonyl (C=O) groups is 2. The molecular formula is C26H25N3O3. The van der Waals surface area contributed by atoms with Crippen LogP contribution in [0.2, 0.25) is 0 Å². The average Bonchev–Trinajstić information content (AvgIpc) is 3.59. The van der Waals surface area contributed by atoms with Crippen molar-refractivity contribution in [2.45, 2.75) is 32.0 Å². The number of amides is 2.